The number of anilines is 2. The topological polar surface area (TPSA) is 62.2 Å². The standard InChI is InChI=1S/C16H18ClN5O/c1-11-14(12(2)23)10-19-16(20-11)22-7-5-21(6-8-22)15-4-3-13(17)9-18-15/h3-4,9-10H,5-8H2,1-2H3. The predicted molar refractivity (Wildman–Crippen MR) is 90.4 cm³/mol. The second-order valence-corrected chi connectivity index (χ2v) is 5.97. The van der Waals surface area contributed by atoms with Crippen LogP contribution in [0.2, 0.25) is 5.02 Å². The first kappa shape index (κ1) is 15.7. The number of halogens is 1. The molecule has 0 spiro atoms. The molecule has 1 aliphatic heterocycles. The van der Waals surface area contributed by atoms with Crippen molar-refractivity contribution in [2.24, 2.45) is 0 Å². The van der Waals surface area contributed by atoms with E-state index in [2.05, 4.69) is 24.8 Å². The average Bonchev–Trinajstić information content (AvgIpc) is 2.55. The summed E-state index contributed by atoms with van der Waals surface area (Å²) >= 11 is 5.87. The number of piperazine rings is 1. The van der Waals surface area contributed by atoms with Crippen LogP contribution in [0.5, 0.6) is 0 Å². The third-order valence-electron chi connectivity index (χ3n) is 3.94. The van der Waals surface area contributed by atoms with Crippen LogP contribution in [-0.2, 0) is 0 Å². The van der Waals surface area contributed by atoms with E-state index in [1.807, 2.05) is 19.1 Å². The zero-order valence-electron chi connectivity index (χ0n) is 13.2. The van der Waals surface area contributed by atoms with Gasteiger partial charge >= 0.3 is 0 Å². The molecule has 7 heteroatoms. The monoisotopic (exact) mass is 331 g/mol. The molecule has 0 unspecified atom stereocenters. The highest BCUT2D eigenvalue weighted by atomic mass is 35.5. The van der Waals surface area contributed by atoms with Gasteiger partial charge < -0.3 is 9.80 Å². The predicted octanol–water partition coefficient (Wildman–Crippen LogP) is 2.36. The second-order valence-electron chi connectivity index (χ2n) is 5.53. The maximum atomic E-state index is 11.5. The minimum absolute atomic E-state index is 0.00678. The van der Waals surface area contributed by atoms with Crippen LogP contribution in [0.3, 0.4) is 0 Å². The molecular weight excluding hydrogens is 314 g/mol. The summed E-state index contributed by atoms with van der Waals surface area (Å²) < 4.78 is 0. The Balaban J connectivity index is 1.68. The first-order valence-corrected chi connectivity index (χ1v) is 7.88. The van der Waals surface area contributed by atoms with Crippen molar-refractivity contribution >= 4 is 29.2 Å². The Hall–Kier alpha value is -2.21. The summed E-state index contributed by atoms with van der Waals surface area (Å²) in [5.74, 6) is 1.60. The number of pyridine rings is 1. The summed E-state index contributed by atoms with van der Waals surface area (Å²) in [5.41, 5.74) is 1.31. The van der Waals surface area contributed by atoms with Crippen molar-refractivity contribution in [3.05, 3.63) is 40.8 Å². The normalized spacial score (nSPS) is 14.9. The van der Waals surface area contributed by atoms with Crippen molar-refractivity contribution in [1.82, 2.24) is 15.0 Å². The lowest BCUT2D eigenvalue weighted by Gasteiger charge is -2.35. The maximum absolute atomic E-state index is 11.5. The SMILES string of the molecule is CC(=O)c1cnc(N2CCN(c3ccc(Cl)cn3)CC2)nc1C. The first-order valence-electron chi connectivity index (χ1n) is 7.50. The molecule has 3 heterocycles. The molecule has 1 aliphatic rings. The molecular formula is C16H18ClN5O. The van der Waals surface area contributed by atoms with E-state index in [4.69, 9.17) is 11.6 Å². The van der Waals surface area contributed by atoms with Crippen LogP contribution in [-0.4, -0.2) is 46.9 Å². The van der Waals surface area contributed by atoms with Crippen molar-refractivity contribution < 1.29 is 4.79 Å². The molecule has 23 heavy (non-hydrogen) atoms. The number of hydrogen-bond donors (Lipinski definition) is 0. The number of carbonyl (C=O) groups is 1. The third kappa shape index (κ3) is 3.42. The Morgan fingerprint density at radius 2 is 1.78 bits per heavy atom. The summed E-state index contributed by atoms with van der Waals surface area (Å²) in [4.78, 5) is 29.0. The molecule has 0 aromatic carbocycles. The van der Waals surface area contributed by atoms with E-state index in [-0.39, 0.29) is 5.78 Å². The van der Waals surface area contributed by atoms with Gasteiger partial charge in [-0.3, -0.25) is 4.79 Å². The van der Waals surface area contributed by atoms with E-state index in [0.717, 1.165) is 37.7 Å². The van der Waals surface area contributed by atoms with Gasteiger partial charge in [0.05, 0.1) is 16.3 Å². The molecule has 0 N–H and O–H groups in total. The van der Waals surface area contributed by atoms with Gasteiger partial charge in [-0.05, 0) is 26.0 Å². The Bertz CT molecular complexity index is 711. The van der Waals surface area contributed by atoms with Crippen LogP contribution < -0.4 is 9.80 Å². The fourth-order valence-corrected chi connectivity index (χ4v) is 2.76. The lowest BCUT2D eigenvalue weighted by molar-refractivity contribution is 0.101. The number of nitrogens with zero attached hydrogens (tertiary/aromatic N) is 5. The molecule has 1 saturated heterocycles. The van der Waals surface area contributed by atoms with Gasteiger partial charge in [-0.1, -0.05) is 11.6 Å². The van der Waals surface area contributed by atoms with Crippen molar-refractivity contribution in [3.63, 3.8) is 0 Å². The highest BCUT2D eigenvalue weighted by molar-refractivity contribution is 6.30. The van der Waals surface area contributed by atoms with E-state index < -0.39 is 0 Å². The molecule has 0 radical (unpaired) electrons. The van der Waals surface area contributed by atoms with Crippen LogP contribution in [0.15, 0.2) is 24.5 Å². The summed E-state index contributed by atoms with van der Waals surface area (Å²) in [6.45, 7) is 6.67. The number of hydrogen-bond acceptors (Lipinski definition) is 6. The molecule has 6 nitrogen and oxygen atoms in total. The molecule has 2 aromatic rings. The van der Waals surface area contributed by atoms with Crippen molar-refractivity contribution in [3.8, 4) is 0 Å². The molecule has 0 bridgehead atoms. The Morgan fingerprint density at radius 1 is 1.09 bits per heavy atom. The number of aryl methyl sites for hydroxylation is 1. The molecule has 0 atom stereocenters. The van der Waals surface area contributed by atoms with Crippen LogP contribution in [0.4, 0.5) is 11.8 Å². The molecule has 0 amide bonds. The molecule has 3 rings (SSSR count). The zero-order chi connectivity index (χ0) is 16.4. The third-order valence-corrected chi connectivity index (χ3v) is 4.17. The van der Waals surface area contributed by atoms with Gasteiger partial charge in [0.15, 0.2) is 5.78 Å². The summed E-state index contributed by atoms with van der Waals surface area (Å²) in [6.07, 6.45) is 3.28. The van der Waals surface area contributed by atoms with Gasteiger partial charge in [0, 0.05) is 38.6 Å². The Kier molecular flexibility index (Phi) is 4.43. The number of rotatable bonds is 3. The maximum Gasteiger partial charge on any atom is 0.225 e. The molecule has 120 valence electrons. The highest BCUT2D eigenvalue weighted by Crippen LogP contribution is 2.18. The van der Waals surface area contributed by atoms with E-state index >= 15 is 0 Å². The quantitative estimate of drug-likeness (QED) is 0.805. The van der Waals surface area contributed by atoms with Gasteiger partial charge in [-0.25, -0.2) is 15.0 Å². The van der Waals surface area contributed by atoms with Gasteiger partial charge in [0.25, 0.3) is 0 Å². The van der Waals surface area contributed by atoms with Gasteiger partial charge in [0.2, 0.25) is 5.95 Å². The number of Topliss-reactive ketones (excluding diaryl/α,β-unsaturated/α-hetero) is 1. The highest BCUT2D eigenvalue weighted by Gasteiger charge is 2.20. The summed E-state index contributed by atoms with van der Waals surface area (Å²) in [5, 5.41) is 0.641. The average molecular weight is 332 g/mol. The minimum Gasteiger partial charge on any atom is -0.353 e. The van der Waals surface area contributed by atoms with Gasteiger partial charge in [0.1, 0.15) is 5.82 Å². The molecule has 0 aliphatic carbocycles. The lowest BCUT2D eigenvalue weighted by Crippen LogP contribution is -2.47. The van der Waals surface area contributed by atoms with Gasteiger partial charge in [-0.2, -0.15) is 0 Å². The van der Waals surface area contributed by atoms with Gasteiger partial charge in [-0.15, -0.1) is 0 Å². The molecule has 1 fully saturated rings. The van der Waals surface area contributed by atoms with Crippen molar-refractivity contribution in [1.29, 1.82) is 0 Å². The number of aromatic nitrogens is 3. The van der Waals surface area contributed by atoms with E-state index in [1.54, 1.807) is 12.4 Å². The van der Waals surface area contributed by atoms with E-state index in [1.165, 1.54) is 6.92 Å². The summed E-state index contributed by atoms with van der Waals surface area (Å²) in [6, 6.07) is 3.78. The largest absolute Gasteiger partial charge is 0.353 e. The van der Waals surface area contributed by atoms with E-state index in [0.29, 0.717) is 16.5 Å². The number of carbonyl (C=O) groups excluding carboxylic acids is 1. The fourth-order valence-electron chi connectivity index (χ4n) is 2.64. The lowest BCUT2D eigenvalue weighted by atomic mass is 10.2. The molecule has 2 aromatic heterocycles. The number of ketones is 1. The fraction of sp³-hybridized carbons (Fsp3) is 0.375. The van der Waals surface area contributed by atoms with Crippen LogP contribution >= 0.6 is 11.6 Å². The van der Waals surface area contributed by atoms with Crippen molar-refractivity contribution in [2.75, 3.05) is 36.0 Å². The van der Waals surface area contributed by atoms with Crippen LogP contribution in [0.1, 0.15) is 23.0 Å². The van der Waals surface area contributed by atoms with Crippen LogP contribution in [0, 0.1) is 6.92 Å². The first-order chi connectivity index (χ1) is 11.0. The second kappa shape index (κ2) is 6.50. The Morgan fingerprint density at radius 3 is 2.35 bits per heavy atom. The van der Waals surface area contributed by atoms with Crippen LogP contribution in [0.25, 0.3) is 0 Å². The Labute approximate surface area is 140 Å². The smallest absolute Gasteiger partial charge is 0.225 e. The zero-order valence-corrected chi connectivity index (χ0v) is 13.9. The minimum atomic E-state index is -0.00678. The van der Waals surface area contributed by atoms with Crippen molar-refractivity contribution in [2.45, 2.75) is 13.8 Å². The summed E-state index contributed by atoms with van der Waals surface area (Å²) in [7, 11) is 0. The van der Waals surface area contributed by atoms with E-state index in [9.17, 15) is 4.79 Å². The molecule has 0 saturated carbocycles.